The van der Waals surface area contributed by atoms with Crippen molar-refractivity contribution in [1.82, 2.24) is 15.5 Å². The lowest BCUT2D eigenvalue weighted by atomic mass is 10.2. The number of hydrogen-bond acceptors (Lipinski definition) is 6. The SMILES string of the molecule is CC(C)c1nnc(NC(=O)N[C@@H]2CCS(=O)(=O)C2)s1. The van der Waals surface area contributed by atoms with Crippen molar-refractivity contribution < 1.29 is 13.2 Å². The zero-order chi connectivity index (χ0) is 14.0. The highest BCUT2D eigenvalue weighted by Crippen LogP contribution is 2.22. The number of carbonyl (C=O) groups is 1. The summed E-state index contributed by atoms with van der Waals surface area (Å²) in [6.45, 7) is 3.99. The third-order valence-electron chi connectivity index (χ3n) is 2.72. The monoisotopic (exact) mass is 304 g/mol. The second kappa shape index (κ2) is 5.41. The normalized spacial score (nSPS) is 21.5. The average molecular weight is 304 g/mol. The molecule has 19 heavy (non-hydrogen) atoms. The van der Waals surface area contributed by atoms with E-state index in [4.69, 9.17) is 0 Å². The summed E-state index contributed by atoms with van der Waals surface area (Å²) < 4.78 is 22.5. The summed E-state index contributed by atoms with van der Waals surface area (Å²) >= 11 is 1.31. The van der Waals surface area contributed by atoms with Gasteiger partial charge < -0.3 is 5.32 Å². The summed E-state index contributed by atoms with van der Waals surface area (Å²) in [5.74, 6) is 0.401. The number of aromatic nitrogens is 2. The number of nitrogens with zero attached hydrogens (tertiary/aromatic N) is 2. The van der Waals surface area contributed by atoms with Crippen molar-refractivity contribution in [2.75, 3.05) is 16.8 Å². The Bertz CT molecular complexity index is 567. The van der Waals surface area contributed by atoms with Gasteiger partial charge in [0.1, 0.15) is 5.01 Å². The summed E-state index contributed by atoms with van der Waals surface area (Å²) in [6.07, 6.45) is 0.461. The first-order valence-electron chi connectivity index (χ1n) is 5.97. The Hall–Kier alpha value is -1.22. The number of nitrogens with one attached hydrogen (secondary N) is 2. The van der Waals surface area contributed by atoms with Gasteiger partial charge in [-0.1, -0.05) is 25.2 Å². The van der Waals surface area contributed by atoms with Gasteiger partial charge >= 0.3 is 6.03 Å². The summed E-state index contributed by atoms with van der Waals surface area (Å²) in [5, 5.41) is 14.3. The van der Waals surface area contributed by atoms with E-state index in [2.05, 4.69) is 20.8 Å². The van der Waals surface area contributed by atoms with Gasteiger partial charge in [-0.3, -0.25) is 5.32 Å². The van der Waals surface area contributed by atoms with Crippen LogP contribution in [0.25, 0.3) is 0 Å². The molecule has 2 heterocycles. The molecule has 1 aliphatic rings. The van der Waals surface area contributed by atoms with Gasteiger partial charge in [0, 0.05) is 12.0 Å². The molecular formula is C10H16N4O3S2. The molecule has 2 N–H and O–H groups in total. The average Bonchev–Trinajstić information content (AvgIpc) is 2.85. The van der Waals surface area contributed by atoms with E-state index in [-0.39, 0.29) is 23.5 Å². The van der Waals surface area contributed by atoms with Gasteiger partial charge in [0.15, 0.2) is 9.84 Å². The number of hydrogen-bond donors (Lipinski definition) is 2. The highest BCUT2D eigenvalue weighted by Gasteiger charge is 2.29. The quantitative estimate of drug-likeness (QED) is 0.866. The highest BCUT2D eigenvalue weighted by molar-refractivity contribution is 7.91. The van der Waals surface area contributed by atoms with E-state index in [1.165, 1.54) is 11.3 Å². The molecule has 0 saturated carbocycles. The largest absolute Gasteiger partial charge is 0.334 e. The van der Waals surface area contributed by atoms with Crippen LogP contribution in [0.5, 0.6) is 0 Å². The van der Waals surface area contributed by atoms with Gasteiger partial charge in [-0.05, 0) is 6.42 Å². The maximum absolute atomic E-state index is 11.7. The topological polar surface area (TPSA) is 101 Å². The minimum atomic E-state index is -2.99. The van der Waals surface area contributed by atoms with E-state index < -0.39 is 15.9 Å². The first-order valence-corrected chi connectivity index (χ1v) is 8.61. The lowest BCUT2D eigenvalue weighted by molar-refractivity contribution is 0.249. The van der Waals surface area contributed by atoms with Crippen molar-refractivity contribution in [3.05, 3.63) is 5.01 Å². The Labute approximate surface area is 115 Å². The standard InChI is InChI=1S/C10H16N4O3S2/c1-6(2)8-13-14-10(18-8)12-9(15)11-7-3-4-19(16,17)5-7/h6-7H,3-5H2,1-2H3,(H2,11,12,14,15)/t7-/m1/s1. The Morgan fingerprint density at radius 1 is 1.42 bits per heavy atom. The molecular weight excluding hydrogens is 288 g/mol. The number of carbonyl (C=O) groups excluding carboxylic acids is 1. The molecule has 1 aliphatic heterocycles. The van der Waals surface area contributed by atoms with E-state index in [0.717, 1.165) is 5.01 Å². The second-order valence-electron chi connectivity index (χ2n) is 4.80. The van der Waals surface area contributed by atoms with E-state index in [0.29, 0.717) is 11.6 Å². The summed E-state index contributed by atoms with van der Waals surface area (Å²) in [4.78, 5) is 11.7. The number of anilines is 1. The molecule has 1 atom stereocenters. The predicted octanol–water partition coefficient (Wildman–Crippen LogP) is 0.970. The van der Waals surface area contributed by atoms with E-state index in [1.54, 1.807) is 0 Å². The predicted molar refractivity (Wildman–Crippen MR) is 73.2 cm³/mol. The fraction of sp³-hybridized carbons (Fsp3) is 0.700. The first kappa shape index (κ1) is 14.2. The van der Waals surface area contributed by atoms with Gasteiger partial charge in [-0.15, -0.1) is 10.2 Å². The Balaban J connectivity index is 1.87. The molecule has 0 radical (unpaired) electrons. The highest BCUT2D eigenvalue weighted by atomic mass is 32.2. The van der Waals surface area contributed by atoms with Crippen LogP contribution in [0, 0.1) is 0 Å². The van der Waals surface area contributed by atoms with Gasteiger partial charge in [0.05, 0.1) is 11.5 Å². The summed E-state index contributed by atoms with van der Waals surface area (Å²) in [6, 6.07) is -0.754. The Morgan fingerprint density at radius 3 is 2.68 bits per heavy atom. The molecule has 1 aromatic rings. The number of urea groups is 1. The maximum atomic E-state index is 11.7. The first-order chi connectivity index (χ1) is 8.85. The zero-order valence-corrected chi connectivity index (χ0v) is 12.3. The van der Waals surface area contributed by atoms with Gasteiger partial charge in [0.25, 0.3) is 0 Å². The van der Waals surface area contributed by atoms with Crippen LogP contribution in [0.4, 0.5) is 9.93 Å². The number of sulfone groups is 1. The van der Waals surface area contributed by atoms with Crippen molar-refractivity contribution in [3.8, 4) is 0 Å². The smallest absolute Gasteiger partial charge is 0.321 e. The number of rotatable bonds is 3. The molecule has 7 nitrogen and oxygen atoms in total. The van der Waals surface area contributed by atoms with Crippen molar-refractivity contribution in [1.29, 1.82) is 0 Å². The minimum Gasteiger partial charge on any atom is -0.334 e. The minimum absolute atomic E-state index is 0.00772. The fourth-order valence-electron chi connectivity index (χ4n) is 1.75. The van der Waals surface area contributed by atoms with Crippen LogP contribution < -0.4 is 10.6 Å². The maximum Gasteiger partial charge on any atom is 0.321 e. The molecule has 2 amide bonds. The van der Waals surface area contributed by atoms with Gasteiger partial charge in [0.2, 0.25) is 5.13 Å². The van der Waals surface area contributed by atoms with Crippen LogP contribution in [-0.4, -0.2) is 42.2 Å². The third-order valence-corrected chi connectivity index (χ3v) is 5.63. The molecule has 0 spiro atoms. The van der Waals surface area contributed by atoms with Crippen molar-refractivity contribution in [2.45, 2.75) is 32.2 Å². The third kappa shape index (κ3) is 3.87. The van der Waals surface area contributed by atoms with Crippen LogP contribution in [-0.2, 0) is 9.84 Å². The van der Waals surface area contributed by atoms with Crippen LogP contribution >= 0.6 is 11.3 Å². The van der Waals surface area contributed by atoms with Crippen LogP contribution in [0.2, 0.25) is 0 Å². The van der Waals surface area contributed by atoms with Gasteiger partial charge in [-0.2, -0.15) is 0 Å². The molecule has 9 heteroatoms. The fourth-order valence-corrected chi connectivity index (χ4v) is 4.16. The molecule has 1 aromatic heterocycles. The molecule has 0 aromatic carbocycles. The van der Waals surface area contributed by atoms with E-state index in [9.17, 15) is 13.2 Å². The van der Waals surface area contributed by atoms with Crippen molar-refractivity contribution >= 4 is 32.3 Å². The summed E-state index contributed by atoms with van der Waals surface area (Å²) in [7, 11) is -2.99. The molecule has 2 rings (SSSR count). The Kier molecular flexibility index (Phi) is 4.04. The summed E-state index contributed by atoms with van der Waals surface area (Å²) in [5.41, 5.74) is 0. The molecule has 1 fully saturated rings. The van der Waals surface area contributed by atoms with Crippen LogP contribution in [0.3, 0.4) is 0 Å². The lowest BCUT2D eigenvalue weighted by Gasteiger charge is -2.10. The molecule has 0 aliphatic carbocycles. The Morgan fingerprint density at radius 2 is 2.16 bits per heavy atom. The molecule has 1 saturated heterocycles. The van der Waals surface area contributed by atoms with Crippen molar-refractivity contribution in [2.24, 2.45) is 0 Å². The molecule has 106 valence electrons. The molecule has 0 unspecified atom stereocenters. The lowest BCUT2D eigenvalue weighted by Crippen LogP contribution is -2.38. The van der Waals surface area contributed by atoms with E-state index in [1.807, 2.05) is 13.8 Å². The second-order valence-corrected chi connectivity index (χ2v) is 8.04. The van der Waals surface area contributed by atoms with Crippen molar-refractivity contribution in [3.63, 3.8) is 0 Å². The zero-order valence-electron chi connectivity index (χ0n) is 10.7. The van der Waals surface area contributed by atoms with Crippen LogP contribution in [0.1, 0.15) is 31.2 Å². The van der Waals surface area contributed by atoms with Gasteiger partial charge in [-0.25, -0.2) is 13.2 Å². The number of amides is 2. The van der Waals surface area contributed by atoms with Crippen LogP contribution in [0.15, 0.2) is 0 Å². The molecule has 0 bridgehead atoms. The van der Waals surface area contributed by atoms with E-state index >= 15 is 0 Å².